The van der Waals surface area contributed by atoms with Crippen molar-refractivity contribution in [1.29, 1.82) is 0 Å². The SMILES string of the molecule is Cc1ccc(N2C(=O)/C(=C/c3cc(C)n(-c4ccc5c(c4)OCO5)c3C)C(=O)NC2=S)cc1Cl. The van der Waals surface area contributed by atoms with Gasteiger partial charge < -0.3 is 14.0 Å². The lowest BCUT2D eigenvalue weighted by atomic mass is 10.1. The summed E-state index contributed by atoms with van der Waals surface area (Å²) >= 11 is 11.5. The molecule has 3 aromatic rings. The number of hydrogen-bond donors (Lipinski definition) is 1. The Morgan fingerprint density at radius 3 is 2.50 bits per heavy atom. The van der Waals surface area contributed by atoms with E-state index in [0.717, 1.165) is 28.2 Å². The van der Waals surface area contributed by atoms with E-state index in [2.05, 4.69) is 5.32 Å². The van der Waals surface area contributed by atoms with Crippen molar-refractivity contribution in [2.24, 2.45) is 0 Å². The van der Waals surface area contributed by atoms with Gasteiger partial charge in [0.1, 0.15) is 5.57 Å². The van der Waals surface area contributed by atoms with Gasteiger partial charge in [0.05, 0.1) is 5.69 Å². The molecule has 2 amide bonds. The maximum atomic E-state index is 13.4. The summed E-state index contributed by atoms with van der Waals surface area (Å²) in [4.78, 5) is 27.4. The van der Waals surface area contributed by atoms with E-state index in [1.165, 1.54) is 4.90 Å². The van der Waals surface area contributed by atoms with Gasteiger partial charge in [-0.05, 0) is 80.5 Å². The Balaban J connectivity index is 1.54. The number of amides is 2. The number of thiocarbonyl (C=S) groups is 1. The van der Waals surface area contributed by atoms with Crippen molar-refractivity contribution in [3.8, 4) is 17.2 Å². The third kappa shape index (κ3) is 3.65. The van der Waals surface area contributed by atoms with Crippen molar-refractivity contribution in [1.82, 2.24) is 9.88 Å². The first kappa shape index (κ1) is 22.2. The second-order valence-corrected chi connectivity index (χ2v) is 8.88. The van der Waals surface area contributed by atoms with Gasteiger partial charge in [0, 0.05) is 28.2 Å². The molecule has 0 spiro atoms. The topological polar surface area (TPSA) is 72.8 Å². The van der Waals surface area contributed by atoms with E-state index in [-0.39, 0.29) is 17.5 Å². The number of nitrogens with zero attached hydrogens (tertiary/aromatic N) is 2. The fourth-order valence-corrected chi connectivity index (χ4v) is 4.58. The van der Waals surface area contributed by atoms with Crippen molar-refractivity contribution in [2.45, 2.75) is 20.8 Å². The molecule has 0 bridgehead atoms. The molecule has 1 fully saturated rings. The van der Waals surface area contributed by atoms with Crippen molar-refractivity contribution < 1.29 is 19.1 Å². The minimum absolute atomic E-state index is 0.0119. The van der Waals surface area contributed by atoms with Crippen LogP contribution >= 0.6 is 23.8 Å². The first-order valence-corrected chi connectivity index (χ1v) is 11.3. The van der Waals surface area contributed by atoms with Crippen LogP contribution in [0.1, 0.15) is 22.5 Å². The largest absolute Gasteiger partial charge is 0.454 e. The highest BCUT2D eigenvalue weighted by Gasteiger charge is 2.35. The summed E-state index contributed by atoms with van der Waals surface area (Å²) in [6, 6.07) is 12.8. The van der Waals surface area contributed by atoms with E-state index in [1.54, 1.807) is 24.3 Å². The molecule has 2 aromatic carbocycles. The highest BCUT2D eigenvalue weighted by Crippen LogP contribution is 2.35. The molecule has 7 nitrogen and oxygen atoms in total. The van der Waals surface area contributed by atoms with Crippen molar-refractivity contribution in [3.05, 3.63) is 75.6 Å². The molecule has 9 heteroatoms. The number of hydrogen-bond acceptors (Lipinski definition) is 5. The molecule has 1 N–H and O–H groups in total. The summed E-state index contributed by atoms with van der Waals surface area (Å²) in [6.45, 7) is 5.95. The van der Waals surface area contributed by atoms with Crippen LogP contribution in [0.25, 0.3) is 11.8 Å². The number of carbonyl (C=O) groups is 2. The molecule has 0 unspecified atom stereocenters. The van der Waals surface area contributed by atoms with Gasteiger partial charge in [0.15, 0.2) is 16.6 Å². The van der Waals surface area contributed by atoms with Crippen molar-refractivity contribution >= 4 is 52.5 Å². The van der Waals surface area contributed by atoms with Crippen LogP contribution < -0.4 is 19.7 Å². The quantitative estimate of drug-likeness (QED) is 0.327. The van der Waals surface area contributed by atoms with Crippen LogP contribution in [0.5, 0.6) is 11.5 Å². The number of ether oxygens (including phenoxy) is 2. The molecule has 0 saturated carbocycles. The molecule has 5 rings (SSSR count). The van der Waals surface area contributed by atoms with Gasteiger partial charge in [-0.15, -0.1) is 0 Å². The molecular weight excluding hydrogens is 474 g/mol. The molecular formula is C25H20ClN3O4S. The predicted molar refractivity (Wildman–Crippen MR) is 134 cm³/mol. The van der Waals surface area contributed by atoms with Gasteiger partial charge in [-0.2, -0.15) is 0 Å². The number of nitrogens with one attached hydrogen (secondary N) is 1. The van der Waals surface area contributed by atoms with Crippen LogP contribution in [0.2, 0.25) is 5.02 Å². The third-order valence-electron chi connectivity index (χ3n) is 5.90. The Kier molecular flexibility index (Phi) is 5.42. The van der Waals surface area contributed by atoms with E-state index in [9.17, 15) is 9.59 Å². The van der Waals surface area contributed by atoms with Gasteiger partial charge in [0.25, 0.3) is 11.8 Å². The summed E-state index contributed by atoms with van der Waals surface area (Å²) in [7, 11) is 0. The fourth-order valence-electron chi connectivity index (χ4n) is 4.12. The highest BCUT2D eigenvalue weighted by molar-refractivity contribution is 7.80. The fraction of sp³-hybridized carbons (Fsp3) is 0.160. The number of fused-ring (bicyclic) bond motifs is 1. The van der Waals surface area contributed by atoms with Crippen molar-refractivity contribution in [3.63, 3.8) is 0 Å². The molecule has 1 aromatic heterocycles. The number of carbonyl (C=O) groups excluding carboxylic acids is 2. The van der Waals surface area contributed by atoms with Crippen LogP contribution in [-0.4, -0.2) is 28.3 Å². The number of anilines is 1. The zero-order valence-electron chi connectivity index (χ0n) is 18.6. The van der Waals surface area contributed by atoms with Gasteiger partial charge >= 0.3 is 0 Å². The average Bonchev–Trinajstić information content (AvgIpc) is 3.36. The number of aryl methyl sites for hydroxylation is 2. The number of aromatic nitrogens is 1. The molecule has 172 valence electrons. The molecule has 34 heavy (non-hydrogen) atoms. The first-order chi connectivity index (χ1) is 16.2. The number of halogens is 1. The maximum absolute atomic E-state index is 13.4. The standard InChI is InChI=1S/C25H20ClN3O4S/c1-13-4-5-17(10-20(13)26)29-24(31)19(23(30)27-25(29)34)9-16-8-14(2)28(15(16)3)18-6-7-21-22(11-18)33-12-32-21/h4-11H,12H2,1-3H3,(H,27,30,34)/b19-9+. The summed E-state index contributed by atoms with van der Waals surface area (Å²) in [5.74, 6) is 0.317. The second kappa shape index (κ2) is 8.30. The Morgan fingerprint density at radius 1 is 1.00 bits per heavy atom. The zero-order valence-corrected chi connectivity index (χ0v) is 20.2. The van der Waals surface area contributed by atoms with Gasteiger partial charge in [0.2, 0.25) is 6.79 Å². The lowest BCUT2D eigenvalue weighted by molar-refractivity contribution is -0.122. The predicted octanol–water partition coefficient (Wildman–Crippen LogP) is 4.62. The van der Waals surface area contributed by atoms with Gasteiger partial charge in [-0.1, -0.05) is 17.7 Å². The van der Waals surface area contributed by atoms with Crippen LogP contribution in [0.3, 0.4) is 0 Å². The normalized spacial score (nSPS) is 16.4. The summed E-state index contributed by atoms with van der Waals surface area (Å²) in [6.07, 6.45) is 1.59. The van der Waals surface area contributed by atoms with Crippen LogP contribution in [-0.2, 0) is 9.59 Å². The molecule has 0 atom stereocenters. The Bertz CT molecular complexity index is 1430. The summed E-state index contributed by atoms with van der Waals surface area (Å²) < 4.78 is 12.9. The Hall–Kier alpha value is -3.62. The lowest BCUT2D eigenvalue weighted by Gasteiger charge is -2.29. The Morgan fingerprint density at radius 2 is 1.74 bits per heavy atom. The van der Waals surface area contributed by atoms with Crippen LogP contribution in [0.4, 0.5) is 5.69 Å². The van der Waals surface area contributed by atoms with Crippen molar-refractivity contribution in [2.75, 3.05) is 11.7 Å². The van der Waals surface area contributed by atoms with E-state index in [0.29, 0.717) is 22.2 Å². The minimum Gasteiger partial charge on any atom is -0.454 e. The third-order valence-corrected chi connectivity index (χ3v) is 6.59. The van der Waals surface area contributed by atoms with E-state index < -0.39 is 11.8 Å². The summed E-state index contributed by atoms with van der Waals surface area (Å²) in [5.41, 5.74) is 4.77. The highest BCUT2D eigenvalue weighted by atomic mass is 35.5. The van der Waals surface area contributed by atoms with E-state index in [1.807, 2.05) is 49.6 Å². The molecule has 1 saturated heterocycles. The monoisotopic (exact) mass is 493 g/mol. The van der Waals surface area contributed by atoms with E-state index in [4.69, 9.17) is 33.3 Å². The molecule has 0 radical (unpaired) electrons. The van der Waals surface area contributed by atoms with Gasteiger partial charge in [-0.25, -0.2) is 0 Å². The number of rotatable bonds is 3. The number of benzene rings is 2. The van der Waals surface area contributed by atoms with E-state index >= 15 is 0 Å². The maximum Gasteiger partial charge on any atom is 0.270 e. The zero-order chi connectivity index (χ0) is 24.1. The summed E-state index contributed by atoms with van der Waals surface area (Å²) in [5, 5.41) is 3.13. The first-order valence-electron chi connectivity index (χ1n) is 10.5. The molecule has 2 aliphatic rings. The Labute approximate surface area is 206 Å². The van der Waals surface area contributed by atoms with Crippen LogP contribution in [0.15, 0.2) is 48.0 Å². The molecule has 0 aliphatic carbocycles. The molecule has 2 aliphatic heterocycles. The van der Waals surface area contributed by atoms with Crippen LogP contribution in [0, 0.1) is 20.8 Å². The second-order valence-electron chi connectivity index (χ2n) is 8.09. The van der Waals surface area contributed by atoms with Gasteiger partial charge in [-0.3, -0.25) is 19.8 Å². The smallest absolute Gasteiger partial charge is 0.270 e. The minimum atomic E-state index is -0.544. The molecule has 3 heterocycles. The lowest BCUT2D eigenvalue weighted by Crippen LogP contribution is -2.54. The average molecular weight is 494 g/mol.